The molecule has 0 aliphatic carbocycles. The predicted molar refractivity (Wildman–Crippen MR) is 67.6 cm³/mol. The fourth-order valence-corrected chi connectivity index (χ4v) is 2.79. The van der Waals surface area contributed by atoms with Crippen molar-refractivity contribution in [3.63, 3.8) is 0 Å². The van der Waals surface area contributed by atoms with Crippen molar-refractivity contribution >= 4 is 29.1 Å². The molecule has 0 spiro atoms. The van der Waals surface area contributed by atoms with Gasteiger partial charge in [-0.25, -0.2) is 0 Å². The number of hydrogen-bond donors (Lipinski definition) is 2. The van der Waals surface area contributed by atoms with Crippen molar-refractivity contribution in [2.24, 2.45) is 5.92 Å². The van der Waals surface area contributed by atoms with Gasteiger partial charge in [-0.1, -0.05) is 11.6 Å². The van der Waals surface area contributed by atoms with Crippen LogP contribution >= 0.6 is 23.4 Å². The molecule has 15 heavy (non-hydrogen) atoms. The maximum absolute atomic E-state index is 5.95. The summed E-state index contributed by atoms with van der Waals surface area (Å²) in [6, 6.07) is 5.85. The summed E-state index contributed by atoms with van der Waals surface area (Å²) in [4.78, 5) is 1.21. The van der Waals surface area contributed by atoms with Crippen molar-refractivity contribution in [1.82, 2.24) is 5.32 Å². The van der Waals surface area contributed by atoms with Gasteiger partial charge in [0.25, 0.3) is 0 Å². The summed E-state index contributed by atoms with van der Waals surface area (Å²) in [5.41, 5.74) is 6.30. The van der Waals surface area contributed by atoms with Gasteiger partial charge in [-0.05, 0) is 49.4 Å². The summed E-state index contributed by atoms with van der Waals surface area (Å²) in [7, 11) is 0. The second-order valence-corrected chi connectivity index (χ2v) is 5.42. The normalized spacial score (nSPS) is 16.3. The summed E-state index contributed by atoms with van der Waals surface area (Å²) < 4.78 is 0. The molecule has 82 valence electrons. The lowest BCUT2D eigenvalue weighted by Gasteiger charge is -2.26. The summed E-state index contributed by atoms with van der Waals surface area (Å²) in [5.74, 6) is 2.04. The lowest BCUT2D eigenvalue weighted by Crippen LogP contribution is -2.42. The SMILES string of the molecule is Nc1ccc(SCCC2CNC2)cc1Cl. The monoisotopic (exact) mass is 242 g/mol. The Hall–Kier alpha value is -0.380. The fraction of sp³-hybridized carbons (Fsp3) is 0.455. The number of nitrogen functional groups attached to an aromatic ring is 1. The van der Waals surface area contributed by atoms with Gasteiger partial charge in [-0.3, -0.25) is 0 Å². The molecule has 1 aliphatic rings. The molecular formula is C11H15ClN2S. The Bertz CT molecular complexity index is 339. The van der Waals surface area contributed by atoms with Gasteiger partial charge in [0.05, 0.1) is 10.7 Å². The number of benzene rings is 1. The molecule has 1 saturated heterocycles. The Morgan fingerprint density at radius 2 is 2.27 bits per heavy atom. The number of nitrogens with two attached hydrogens (primary N) is 1. The molecule has 0 atom stereocenters. The van der Waals surface area contributed by atoms with Gasteiger partial charge in [0.15, 0.2) is 0 Å². The summed E-state index contributed by atoms with van der Waals surface area (Å²) >= 11 is 7.80. The van der Waals surface area contributed by atoms with Gasteiger partial charge < -0.3 is 11.1 Å². The molecule has 2 nitrogen and oxygen atoms in total. The molecule has 2 rings (SSSR count). The number of hydrogen-bond acceptors (Lipinski definition) is 3. The molecule has 1 aromatic carbocycles. The Morgan fingerprint density at radius 3 is 2.87 bits per heavy atom. The number of anilines is 1. The largest absolute Gasteiger partial charge is 0.398 e. The molecule has 1 aromatic rings. The van der Waals surface area contributed by atoms with Crippen molar-refractivity contribution in [1.29, 1.82) is 0 Å². The zero-order chi connectivity index (χ0) is 10.7. The molecule has 0 amide bonds. The topological polar surface area (TPSA) is 38.0 Å². The van der Waals surface area contributed by atoms with Gasteiger partial charge in [0.1, 0.15) is 0 Å². The standard InChI is InChI=1S/C11H15ClN2S/c12-10-5-9(1-2-11(10)13)15-4-3-8-6-14-7-8/h1-2,5,8,14H,3-4,6-7,13H2. The Kier molecular flexibility index (Phi) is 3.78. The summed E-state index contributed by atoms with van der Waals surface area (Å²) in [6.45, 7) is 2.37. The van der Waals surface area contributed by atoms with Crippen molar-refractivity contribution < 1.29 is 0 Å². The van der Waals surface area contributed by atoms with Gasteiger partial charge in [-0.15, -0.1) is 11.8 Å². The smallest absolute Gasteiger partial charge is 0.0646 e. The van der Waals surface area contributed by atoms with Gasteiger partial charge >= 0.3 is 0 Å². The van der Waals surface area contributed by atoms with Crippen LogP contribution in [-0.4, -0.2) is 18.8 Å². The van der Waals surface area contributed by atoms with E-state index in [4.69, 9.17) is 17.3 Å². The van der Waals surface area contributed by atoms with Crippen molar-refractivity contribution in [3.05, 3.63) is 23.2 Å². The molecule has 4 heteroatoms. The molecular weight excluding hydrogens is 228 g/mol. The highest BCUT2D eigenvalue weighted by Gasteiger charge is 2.15. The second kappa shape index (κ2) is 5.10. The predicted octanol–water partition coefficient (Wildman–Crippen LogP) is 2.62. The first-order valence-corrected chi connectivity index (χ1v) is 6.50. The Labute approximate surface area is 99.6 Å². The second-order valence-electron chi connectivity index (χ2n) is 3.84. The molecule has 1 aliphatic heterocycles. The quantitative estimate of drug-likeness (QED) is 0.630. The first-order chi connectivity index (χ1) is 7.25. The van der Waals surface area contributed by atoms with E-state index in [0.717, 1.165) is 11.7 Å². The Balaban J connectivity index is 1.79. The number of halogens is 1. The van der Waals surface area contributed by atoms with E-state index < -0.39 is 0 Å². The van der Waals surface area contributed by atoms with Crippen LogP contribution in [0.25, 0.3) is 0 Å². The molecule has 0 bridgehead atoms. The maximum Gasteiger partial charge on any atom is 0.0646 e. The number of nitrogens with one attached hydrogen (secondary N) is 1. The van der Waals surface area contributed by atoms with E-state index in [1.807, 2.05) is 30.0 Å². The van der Waals surface area contributed by atoms with Crippen LogP contribution in [0.3, 0.4) is 0 Å². The van der Waals surface area contributed by atoms with Crippen LogP contribution in [0.4, 0.5) is 5.69 Å². The highest BCUT2D eigenvalue weighted by atomic mass is 35.5. The minimum atomic E-state index is 0.657. The number of thioether (sulfide) groups is 1. The van der Waals surface area contributed by atoms with Crippen LogP contribution < -0.4 is 11.1 Å². The van der Waals surface area contributed by atoms with E-state index in [1.165, 1.54) is 24.4 Å². The zero-order valence-electron chi connectivity index (χ0n) is 8.50. The van der Waals surface area contributed by atoms with Crippen LogP contribution in [0.1, 0.15) is 6.42 Å². The van der Waals surface area contributed by atoms with Crippen LogP contribution in [0.15, 0.2) is 23.1 Å². The van der Waals surface area contributed by atoms with Gasteiger partial charge in [0.2, 0.25) is 0 Å². The van der Waals surface area contributed by atoms with Gasteiger partial charge in [0, 0.05) is 4.90 Å². The lowest BCUT2D eigenvalue weighted by molar-refractivity contribution is 0.341. The van der Waals surface area contributed by atoms with Crippen molar-refractivity contribution in [3.8, 4) is 0 Å². The molecule has 1 fully saturated rings. The fourth-order valence-electron chi connectivity index (χ4n) is 1.49. The van der Waals surface area contributed by atoms with Crippen molar-refractivity contribution in [2.45, 2.75) is 11.3 Å². The molecule has 1 heterocycles. The molecule has 0 unspecified atom stereocenters. The average molecular weight is 243 g/mol. The third-order valence-electron chi connectivity index (χ3n) is 2.63. The van der Waals surface area contributed by atoms with E-state index in [1.54, 1.807) is 0 Å². The number of rotatable bonds is 4. The van der Waals surface area contributed by atoms with E-state index in [-0.39, 0.29) is 0 Å². The maximum atomic E-state index is 5.95. The van der Waals surface area contributed by atoms with Crippen LogP contribution in [-0.2, 0) is 0 Å². The third-order valence-corrected chi connectivity index (χ3v) is 3.99. The van der Waals surface area contributed by atoms with E-state index in [9.17, 15) is 0 Å². The van der Waals surface area contributed by atoms with E-state index in [0.29, 0.717) is 10.7 Å². The van der Waals surface area contributed by atoms with Crippen molar-refractivity contribution in [2.75, 3.05) is 24.6 Å². The zero-order valence-corrected chi connectivity index (χ0v) is 10.1. The van der Waals surface area contributed by atoms with E-state index >= 15 is 0 Å². The third kappa shape index (κ3) is 3.03. The highest BCUT2D eigenvalue weighted by molar-refractivity contribution is 7.99. The first kappa shape index (κ1) is 11.1. The Morgan fingerprint density at radius 1 is 1.47 bits per heavy atom. The van der Waals surface area contributed by atoms with Crippen LogP contribution in [0.2, 0.25) is 5.02 Å². The van der Waals surface area contributed by atoms with Crippen LogP contribution in [0.5, 0.6) is 0 Å². The minimum absolute atomic E-state index is 0.657. The summed E-state index contributed by atoms with van der Waals surface area (Å²) in [6.07, 6.45) is 1.28. The summed E-state index contributed by atoms with van der Waals surface area (Å²) in [5, 5.41) is 3.94. The molecule has 0 saturated carbocycles. The molecule has 3 N–H and O–H groups in total. The first-order valence-electron chi connectivity index (χ1n) is 5.14. The molecule has 0 aromatic heterocycles. The lowest BCUT2D eigenvalue weighted by atomic mass is 10.0. The molecule has 0 radical (unpaired) electrons. The van der Waals surface area contributed by atoms with Crippen LogP contribution in [0, 0.1) is 5.92 Å². The van der Waals surface area contributed by atoms with Gasteiger partial charge in [-0.2, -0.15) is 0 Å². The highest BCUT2D eigenvalue weighted by Crippen LogP contribution is 2.27. The van der Waals surface area contributed by atoms with E-state index in [2.05, 4.69) is 5.32 Å². The average Bonchev–Trinajstić information content (AvgIpc) is 2.15. The minimum Gasteiger partial charge on any atom is -0.398 e.